The molecule has 0 atom stereocenters. The second-order valence-corrected chi connectivity index (χ2v) is 6.54. The van der Waals surface area contributed by atoms with Crippen molar-refractivity contribution in [2.45, 2.75) is 6.54 Å². The second-order valence-electron chi connectivity index (χ2n) is 6.54. The minimum atomic E-state index is -0.409. The SMILES string of the molecule is COc1ccccc1CNC(=O)c1nc(Nc2ccc(F)cc2)c2ccccc2n1. The van der Waals surface area contributed by atoms with Crippen LogP contribution in [-0.2, 0) is 6.54 Å². The van der Waals surface area contributed by atoms with E-state index >= 15 is 0 Å². The van der Waals surface area contributed by atoms with Gasteiger partial charge in [0.15, 0.2) is 0 Å². The summed E-state index contributed by atoms with van der Waals surface area (Å²) in [4.78, 5) is 21.6. The molecule has 0 aliphatic rings. The van der Waals surface area contributed by atoms with Gasteiger partial charge >= 0.3 is 0 Å². The lowest BCUT2D eigenvalue weighted by Gasteiger charge is -2.12. The molecule has 150 valence electrons. The van der Waals surface area contributed by atoms with Crippen LogP contribution >= 0.6 is 0 Å². The Bertz CT molecular complexity index is 1200. The van der Waals surface area contributed by atoms with Gasteiger partial charge in [-0.2, -0.15) is 0 Å². The van der Waals surface area contributed by atoms with Crippen LogP contribution in [0, 0.1) is 5.82 Å². The molecular weight excluding hydrogens is 383 g/mol. The smallest absolute Gasteiger partial charge is 0.289 e. The predicted octanol–water partition coefficient (Wildman–Crippen LogP) is 4.45. The van der Waals surface area contributed by atoms with Gasteiger partial charge in [-0.15, -0.1) is 0 Å². The first-order valence-corrected chi connectivity index (χ1v) is 9.33. The Labute approximate surface area is 172 Å². The lowest BCUT2D eigenvalue weighted by atomic mass is 10.2. The summed E-state index contributed by atoms with van der Waals surface area (Å²) >= 11 is 0. The average Bonchev–Trinajstić information content (AvgIpc) is 2.79. The first-order chi connectivity index (χ1) is 14.6. The number of amides is 1. The summed E-state index contributed by atoms with van der Waals surface area (Å²) in [5.74, 6) is 0.456. The molecule has 1 amide bonds. The van der Waals surface area contributed by atoms with Gasteiger partial charge in [0.2, 0.25) is 5.82 Å². The van der Waals surface area contributed by atoms with Gasteiger partial charge < -0.3 is 15.4 Å². The molecule has 0 radical (unpaired) electrons. The number of para-hydroxylation sites is 2. The summed E-state index contributed by atoms with van der Waals surface area (Å²) in [5, 5.41) is 6.73. The zero-order chi connectivity index (χ0) is 20.9. The van der Waals surface area contributed by atoms with Crippen molar-refractivity contribution < 1.29 is 13.9 Å². The van der Waals surface area contributed by atoms with Crippen LogP contribution in [0.2, 0.25) is 0 Å². The molecule has 0 fully saturated rings. The Hall–Kier alpha value is -4.00. The van der Waals surface area contributed by atoms with E-state index in [1.165, 1.54) is 12.1 Å². The predicted molar refractivity (Wildman–Crippen MR) is 113 cm³/mol. The van der Waals surface area contributed by atoms with E-state index in [2.05, 4.69) is 20.6 Å². The van der Waals surface area contributed by atoms with Crippen molar-refractivity contribution in [3.8, 4) is 5.75 Å². The molecule has 0 bridgehead atoms. The van der Waals surface area contributed by atoms with Crippen LogP contribution in [0.5, 0.6) is 5.75 Å². The van der Waals surface area contributed by atoms with Crippen LogP contribution in [0.15, 0.2) is 72.8 Å². The molecule has 7 heteroatoms. The number of anilines is 2. The van der Waals surface area contributed by atoms with Crippen LogP contribution < -0.4 is 15.4 Å². The normalized spacial score (nSPS) is 10.6. The molecule has 3 aromatic carbocycles. The number of ether oxygens (including phenoxy) is 1. The van der Waals surface area contributed by atoms with E-state index in [0.29, 0.717) is 22.8 Å². The summed E-state index contributed by atoms with van der Waals surface area (Å²) in [6.07, 6.45) is 0. The fourth-order valence-electron chi connectivity index (χ4n) is 3.05. The average molecular weight is 402 g/mol. The largest absolute Gasteiger partial charge is 0.496 e. The molecule has 0 aliphatic heterocycles. The van der Waals surface area contributed by atoms with Gasteiger partial charge in [0.25, 0.3) is 5.91 Å². The third-order valence-electron chi connectivity index (χ3n) is 4.55. The highest BCUT2D eigenvalue weighted by Gasteiger charge is 2.15. The van der Waals surface area contributed by atoms with E-state index in [1.807, 2.05) is 48.5 Å². The van der Waals surface area contributed by atoms with E-state index in [-0.39, 0.29) is 18.2 Å². The number of methoxy groups -OCH3 is 1. The topological polar surface area (TPSA) is 76.1 Å². The van der Waals surface area contributed by atoms with E-state index < -0.39 is 5.91 Å². The summed E-state index contributed by atoms with van der Waals surface area (Å²) in [5.41, 5.74) is 2.12. The van der Waals surface area contributed by atoms with Gasteiger partial charge in [-0.05, 0) is 42.5 Å². The molecule has 4 rings (SSSR count). The molecule has 1 aromatic heterocycles. The molecule has 6 nitrogen and oxygen atoms in total. The molecule has 30 heavy (non-hydrogen) atoms. The number of aromatic nitrogens is 2. The first-order valence-electron chi connectivity index (χ1n) is 9.33. The molecule has 1 heterocycles. The molecule has 2 N–H and O–H groups in total. The monoisotopic (exact) mass is 402 g/mol. The second kappa shape index (κ2) is 8.57. The zero-order valence-corrected chi connectivity index (χ0v) is 16.2. The van der Waals surface area contributed by atoms with Gasteiger partial charge in [0.05, 0.1) is 12.6 Å². The summed E-state index contributed by atoms with van der Waals surface area (Å²) in [6.45, 7) is 0.278. The molecule has 0 saturated carbocycles. The molecular formula is C23H19FN4O2. The van der Waals surface area contributed by atoms with Crippen molar-refractivity contribution >= 4 is 28.3 Å². The van der Waals surface area contributed by atoms with Gasteiger partial charge in [-0.1, -0.05) is 30.3 Å². The Morgan fingerprint density at radius 3 is 2.50 bits per heavy atom. The minimum absolute atomic E-state index is 0.0354. The van der Waals surface area contributed by atoms with Crippen molar-refractivity contribution in [3.63, 3.8) is 0 Å². The first kappa shape index (κ1) is 19.3. The van der Waals surface area contributed by atoms with Gasteiger partial charge in [0, 0.05) is 23.2 Å². The maximum atomic E-state index is 13.2. The highest BCUT2D eigenvalue weighted by atomic mass is 19.1. The molecule has 4 aromatic rings. The molecule has 0 saturated heterocycles. The summed E-state index contributed by atoms with van der Waals surface area (Å²) in [6, 6.07) is 20.7. The van der Waals surface area contributed by atoms with E-state index in [0.717, 1.165) is 10.9 Å². The van der Waals surface area contributed by atoms with Crippen LogP contribution in [0.3, 0.4) is 0 Å². The number of fused-ring (bicyclic) bond motifs is 1. The van der Waals surface area contributed by atoms with Gasteiger partial charge in [-0.3, -0.25) is 4.79 Å². The molecule has 0 aliphatic carbocycles. The van der Waals surface area contributed by atoms with Crippen molar-refractivity contribution in [1.82, 2.24) is 15.3 Å². The molecule has 0 unspecified atom stereocenters. The number of nitrogens with zero attached hydrogens (tertiary/aromatic N) is 2. The fraction of sp³-hybridized carbons (Fsp3) is 0.0870. The number of nitrogens with one attached hydrogen (secondary N) is 2. The number of hydrogen-bond donors (Lipinski definition) is 2. The quantitative estimate of drug-likeness (QED) is 0.498. The Balaban J connectivity index is 1.62. The van der Waals surface area contributed by atoms with Crippen LogP contribution in [0.25, 0.3) is 10.9 Å². The van der Waals surface area contributed by atoms with Gasteiger partial charge in [0.1, 0.15) is 17.4 Å². The maximum absolute atomic E-state index is 13.2. The van der Waals surface area contributed by atoms with E-state index in [1.54, 1.807) is 19.2 Å². The Morgan fingerprint density at radius 2 is 1.70 bits per heavy atom. The van der Waals surface area contributed by atoms with E-state index in [9.17, 15) is 9.18 Å². The fourth-order valence-corrected chi connectivity index (χ4v) is 3.05. The summed E-state index contributed by atoms with van der Waals surface area (Å²) in [7, 11) is 1.58. The minimum Gasteiger partial charge on any atom is -0.496 e. The zero-order valence-electron chi connectivity index (χ0n) is 16.2. The number of halogens is 1. The van der Waals surface area contributed by atoms with Crippen LogP contribution in [-0.4, -0.2) is 23.0 Å². The Kier molecular flexibility index (Phi) is 5.52. The number of benzene rings is 3. The lowest BCUT2D eigenvalue weighted by molar-refractivity contribution is 0.0940. The van der Waals surface area contributed by atoms with Crippen molar-refractivity contribution in [2.75, 3.05) is 12.4 Å². The third-order valence-corrected chi connectivity index (χ3v) is 4.55. The van der Waals surface area contributed by atoms with Crippen molar-refractivity contribution in [3.05, 3.63) is 90.0 Å². The van der Waals surface area contributed by atoms with Crippen molar-refractivity contribution in [1.29, 1.82) is 0 Å². The number of carbonyl (C=O) groups is 1. The standard InChI is InChI=1S/C23H19FN4O2/c1-30-20-9-5-2-6-15(20)14-25-23(29)22-27-19-8-4-3-7-18(19)21(28-22)26-17-12-10-16(24)11-13-17/h2-13H,14H2,1H3,(H,25,29)(H,26,27,28). The molecule has 0 spiro atoms. The number of rotatable bonds is 6. The highest BCUT2D eigenvalue weighted by Crippen LogP contribution is 2.24. The highest BCUT2D eigenvalue weighted by molar-refractivity contribution is 5.97. The van der Waals surface area contributed by atoms with Gasteiger partial charge in [-0.25, -0.2) is 14.4 Å². The number of hydrogen-bond acceptors (Lipinski definition) is 5. The third kappa shape index (κ3) is 4.20. The lowest BCUT2D eigenvalue weighted by Crippen LogP contribution is -2.25. The van der Waals surface area contributed by atoms with Crippen LogP contribution in [0.1, 0.15) is 16.2 Å². The summed E-state index contributed by atoms with van der Waals surface area (Å²) < 4.78 is 18.5. The van der Waals surface area contributed by atoms with Crippen molar-refractivity contribution in [2.24, 2.45) is 0 Å². The number of carbonyl (C=O) groups excluding carboxylic acids is 1. The van der Waals surface area contributed by atoms with E-state index in [4.69, 9.17) is 4.74 Å². The maximum Gasteiger partial charge on any atom is 0.289 e. The van der Waals surface area contributed by atoms with Crippen LogP contribution in [0.4, 0.5) is 15.9 Å². The Morgan fingerprint density at radius 1 is 0.967 bits per heavy atom.